The molecule has 144 valence electrons. The van der Waals surface area contributed by atoms with E-state index in [1.165, 1.54) is 0 Å². The lowest BCUT2D eigenvalue weighted by atomic mass is 10.1. The van der Waals surface area contributed by atoms with Gasteiger partial charge in [0.25, 0.3) is 11.6 Å². The fraction of sp³-hybridized carbons (Fsp3) is 0.235. The Bertz CT molecular complexity index is 838. The maximum Gasteiger partial charge on any atom is 0.423 e. The molecule has 0 aromatic heterocycles. The first-order chi connectivity index (χ1) is 12.5. The van der Waals surface area contributed by atoms with E-state index in [9.17, 15) is 33.2 Å². The van der Waals surface area contributed by atoms with Crippen molar-refractivity contribution in [3.05, 3.63) is 64.2 Å². The van der Waals surface area contributed by atoms with Crippen LogP contribution in [0.25, 0.3) is 0 Å². The third-order valence-corrected chi connectivity index (χ3v) is 3.51. The Kier molecular flexibility index (Phi) is 5.69. The first-order valence-corrected chi connectivity index (χ1v) is 7.58. The van der Waals surface area contributed by atoms with Gasteiger partial charge in [0.1, 0.15) is 17.9 Å². The average Bonchev–Trinajstić information content (AvgIpc) is 2.60. The van der Waals surface area contributed by atoms with Crippen molar-refractivity contribution in [1.29, 1.82) is 0 Å². The molecule has 0 saturated heterocycles. The van der Waals surface area contributed by atoms with Gasteiger partial charge >= 0.3 is 6.18 Å². The number of carbonyl (C=O) groups excluding carboxylic acids is 1. The molecule has 0 aliphatic rings. The fourth-order valence-corrected chi connectivity index (χ4v) is 2.07. The Morgan fingerprint density at radius 2 is 1.85 bits per heavy atom. The summed E-state index contributed by atoms with van der Waals surface area (Å²) in [5, 5.41) is 23.1. The molecule has 0 aliphatic heterocycles. The smallest absolute Gasteiger partial charge is 0.423 e. The summed E-state index contributed by atoms with van der Waals surface area (Å²) in [6.07, 6.45) is -4.98. The Hall–Kier alpha value is -3.14. The van der Waals surface area contributed by atoms with Crippen molar-refractivity contribution >= 4 is 17.3 Å². The number of aliphatic hydroxyl groups is 1. The molecular formula is C17H15F3N2O5. The largest absolute Gasteiger partial charge is 0.490 e. The van der Waals surface area contributed by atoms with E-state index in [1.807, 2.05) is 0 Å². The van der Waals surface area contributed by atoms with Crippen LogP contribution in [0.5, 0.6) is 5.75 Å². The number of rotatable bonds is 6. The minimum Gasteiger partial charge on any atom is -0.490 e. The van der Waals surface area contributed by atoms with Gasteiger partial charge < -0.3 is 15.2 Å². The number of hydrogen-bond acceptors (Lipinski definition) is 5. The van der Waals surface area contributed by atoms with Crippen molar-refractivity contribution in [3.8, 4) is 5.75 Å². The highest BCUT2D eigenvalue weighted by Crippen LogP contribution is 2.37. The van der Waals surface area contributed by atoms with Crippen LogP contribution in [-0.4, -0.2) is 28.1 Å². The topological polar surface area (TPSA) is 102 Å². The highest BCUT2D eigenvalue weighted by atomic mass is 19.4. The van der Waals surface area contributed by atoms with Crippen molar-refractivity contribution in [2.24, 2.45) is 0 Å². The predicted molar refractivity (Wildman–Crippen MR) is 89.3 cm³/mol. The Morgan fingerprint density at radius 3 is 2.41 bits per heavy atom. The standard InChI is InChI=1S/C17H15F3N2O5/c1-16(24,10-27-12-5-3-2-4-6-12)15(23)21-11-7-8-14(22(25)26)13(9-11)17(18,19)20/h2-9,24H,10H2,1H3,(H,21,23)/t16-/m0/s1. The van der Waals surface area contributed by atoms with Gasteiger partial charge in [-0.25, -0.2) is 0 Å². The van der Waals surface area contributed by atoms with Crippen molar-refractivity contribution < 1.29 is 32.7 Å². The van der Waals surface area contributed by atoms with Gasteiger partial charge in [-0.05, 0) is 31.2 Å². The third kappa shape index (κ3) is 5.17. The second kappa shape index (κ2) is 7.62. The van der Waals surface area contributed by atoms with Gasteiger partial charge in [0.05, 0.1) is 4.92 Å². The first kappa shape index (κ1) is 20.2. The number of carbonyl (C=O) groups is 1. The van der Waals surface area contributed by atoms with E-state index in [4.69, 9.17) is 4.74 Å². The van der Waals surface area contributed by atoms with Gasteiger partial charge in [0.15, 0.2) is 5.60 Å². The number of halogens is 3. The van der Waals surface area contributed by atoms with Crippen LogP contribution in [0.4, 0.5) is 24.5 Å². The van der Waals surface area contributed by atoms with Gasteiger partial charge in [0, 0.05) is 11.8 Å². The molecular weight excluding hydrogens is 369 g/mol. The molecule has 0 saturated carbocycles. The van der Waals surface area contributed by atoms with Gasteiger partial charge in [-0.2, -0.15) is 13.2 Å². The number of nitro groups is 1. The number of alkyl halides is 3. The normalized spacial score (nSPS) is 13.5. The number of para-hydroxylation sites is 1. The number of ether oxygens (including phenoxy) is 1. The SMILES string of the molecule is C[C@](O)(COc1ccccc1)C(=O)Nc1ccc([N+](=O)[O-])c(C(F)(F)F)c1. The lowest BCUT2D eigenvalue weighted by Gasteiger charge is -2.22. The Morgan fingerprint density at radius 1 is 1.22 bits per heavy atom. The number of amides is 1. The van der Waals surface area contributed by atoms with E-state index in [2.05, 4.69) is 5.32 Å². The van der Waals surface area contributed by atoms with E-state index < -0.39 is 40.5 Å². The second-order valence-corrected chi connectivity index (χ2v) is 5.82. The molecule has 27 heavy (non-hydrogen) atoms. The number of hydrogen-bond donors (Lipinski definition) is 2. The summed E-state index contributed by atoms with van der Waals surface area (Å²) in [5.74, 6) is -0.638. The molecule has 0 bridgehead atoms. The van der Waals surface area contributed by atoms with Crippen LogP contribution >= 0.6 is 0 Å². The van der Waals surface area contributed by atoms with Crippen molar-refractivity contribution in [3.63, 3.8) is 0 Å². The summed E-state index contributed by atoms with van der Waals surface area (Å²) >= 11 is 0. The number of anilines is 1. The zero-order chi connectivity index (χ0) is 20.2. The molecule has 2 N–H and O–H groups in total. The molecule has 0 spiro atoms. The molecule has 2 aromatic carbocycles. The molecule has 2 aromatic rings. The van der Waals surface area contributed by atoms with Crippen molar-refractivity contribution in [2.45, 2.75) is 18.7 Å². The van der Waals surface area contributed by atoms with Crippen LogP contribution in [0.15, 0.2) is 48.5 Å². The summed E-state index contributed by atoms with van der Waals surface area (Å²) in [5.41, 5.74) is -5.06. The van der Waals surface area contributed by atoms with Gasteiger partial charge in [-0.15, -0.1) is 0 Å². The van der Waals surface area contributed by atoms with Crippen LogP contribution in [0.2, 0.25) is 0 Å². The number of nitrogens with zero attached hydrogens (tertiary/aromatic N) is 1. The lowest BCUT2D eigenvalue weighted by Crippen LogP contribution is -2.45. The molecule has 0 radical (unpaired) electrons. The van der Waals surface area contributed by atoms with Crippen LogP contribution in [0.1, 0.15) is 12.5 Å². The Labute approximate surface area is 151 Å². The lowest BCUT2D eigenvalue weighted by molar-refractivity contribution is -0.388. The predicted octanol–water partition coefficient (Wildman–Crippen LogP) is 3.38. The quantitative estimate of drug-likeness (QED) is 0.587. The molecule has 0 heterocycles. The van der Waals surface area contributed by atoms with E-state index >= 15 is 0 Å². The maximum atomic E-state index is 13.0. The van der Waals surface area contributed by atoms with E-state index in [-0.39, 0.29) is 5.69 Å². The highest BCUT2D eigenvalue weighted by molar-refractivity contribution is 5.97. The summed E-state index contributed by atoms with van der Waals surface area (Å²) in [4.78, 5) is 21.8. The van der Waals surface area contributed by atoms with Gasteiger partial charge in [-0.1, -0.05) is 18.2 Å². The first-order valence-electron chi connectivity index (χ1n) is 7.58. The highest BCUT2D eigenvalue weighted by Gasteiger charge is 2.39. The van der Waals surface area contributed by atoms with E-state index in [1.54, 1.807) is 30.3 Å². The number of nitrogens with one attached hydrogen (secondary N) is 1. The molecule has 10 heteroatoms. The van der Waals surface area contributed by atoms with E-state index in [0.29, 0.717) is 17.9 Å². The Balaban J connectivity index is 2.15. The third-order valence-electron chi connectivity index (χ3n) is 3.51. The van der Waals surface area contributed by atoms with Crippen LogP contribution in [0, 0.1) is 10.1 Å². The molecule has 0 fully saturated rings. The zero-order valence-corrected chi connectivity index (χ0v) is 14.0. The molecule has 1 atom stereocenters. The fourth-order valence-electron chi connectivity index (χ4n) is 2.07. The summed E-state index contributed by atoms with van der Waals surface area (Å²) in [6.45, 7) is 0.670. The minimum atomic E-state index is -4.98. The number of nitro benzene ring substituents is 1. The minimum absolute atomic E-state index is 0.349. The van der Waals surface area contributed by atoms with Crippen LogP contribution in [-0.2, 0) is 11.0 Å². The van der Waals surface area contributed by atoms with Crippen molar-refractivity contribution in [2.75, 3.05) is 11.9 Å². The molecule has 7 nitrogen and oxygen atoms in total. The maximum absolute atomic E-state index is 13.0. The second-order valence-electron chi connectivity index (χ2n) is 5.82. The molecule has 0 aliphatic carbocycles. The van der Waals surface area contributed by atoms with Crippen LogP contribution in [0.3, 0.4) is 0 Å². The summed E-state index contributed by atoms with van der Waals surface area (Å²) < 4.78 is 44.2. The van der Waals surface area contributed by atoms with E-state index in [0.717, 1.165) is 13.0 Å². The van der Waals surface area contributed by atoms with Gasteiger partial charge in [-0.3, -0.25) is 14.9 Å². The summed E-state index contributed by atoms with van der Waals surface area (Å²) in [6, 6.07) is 10.3. The van der Waals surface area contributed by atoms with Crippen LogP contribution < -0.4 is 10.1 Å². The average molecular weight is 384 g/mol. The van der Waals surface area contributed by atoms with Crippen molar-refractivity contribution in [1.82, 2.24) is 0 Å². The monoisotopic (exact) mass is 384 g/mol. The number of benzene rings is 2. The summed E-state index contributed by atoms with van der Waals surface area (Å²) in [7, 11) is 0. The van der Waals surface area contributed by atoms with Gasteiger partial charge in [0.2, 0.25) is 0 Å². The molecule has 1 amide bonds. The molecule has 0 unspecified atom stereocenters. The molecule has 2 rings (SSSR count). The zero-order valence-electron chi connectivity index (χ0n) is 14.0.